The Bertz CT molecular complexity index is 1370. The first-order valence-electron chi connectivity index (χ1n) is 10.2. The molecule has 0 saturated heterocycles. The van der Waals surface area contributed by atoms with E-state index in [1.165, 1.54) is 10.8 Å². The molecule has 0 aliphatic carbocycles. The van der Waals surface area contributed by atoms with Crippen molar-refractivity contribution in [1.82, 2.24) is 0 Å². The molecule has 5 rings (SSSR count). The molecule has 0 radical (unpaired) electrons. The SMILES string of the molecule is COc1cc(/C=C2/C(=O)Nc3cc(Cl)ccc32)ccc1OCc1cccc2ccccc12. The van der Waals surface area contributed by atoms with Gasteiger partial charge >= 0.3 is 0 Å². The summed E-state index contributed by atoms with van der Waals surface area (Å²) in [6.45, 7) is 0.425. The van der Waals surface area contributed by atoms with E-state index >= 15 is 0 Å². The molecule has 4 nitrogen and oxygen atoms in total. The van der Waals surface area contributed by atoms with Crippen LogP contribution in [0.1, 0.15) is 16.7 Å². The number of ether oxygens (including phenoxy) is 2. The molecular weight excluding hydrogens is 422 g/mol. The summed E-state index contributed by atoms with van der Waals surface area (Å²) in [5.74, 6) is 1.09. The van der Waals surface area contributed by atoms with Gasteiger partial charge in [-0.15, -0.1) is 0 Å². The molecule has 1 heterocycles. The van der Waals surface area contributed by atoms with Gasteiger partial charge in [-0.2, -0.15) is 0 Å². The summed E-state index contributed by atoms with van der Waals surface area (Å²) in [7, 11) is 1.61. The number of amides is 1. The molecule has 0 atom stereocenters. The fourth-order valence-electron chi connectivity index (χ4n) is 3.94. The van der Waals surface area contributed by atoms with Crippen molar-refractivity contribution < 1.29 is 14.3 Å². The Morgan fingerprint density at radius 3 is 2.66 bits per heavy atom. The van der Waals surface area contributed by atoms with E-state index in [1.807, 2.05) is 48.5 Å². The number of benzene rings is 4. The number of fused-ring (bicyclic) bond motifs is 2. The summed E-state index contributed by atoms with van der Waals surface area (Å²) >= 11 is 6.04. The number of hydrogen-bond acceptors (Lipinski definition) is 3. The molecular formula is C27H20ClNO3. The highest BCUT2D eigenvalue weighted by Gasteiger charge is 2.24. The van der Waals surface area contributed by atoms with Gasteiger partial charge in [0.25, 0.3) is 5.91 Å². The average Bonchev–Trinajstić information content (AvgIpc) is 3.11. The topological polar surface area (TPSA) is 47.6 Å². The Kier molecular flexibility index (Phi) is 5.29. The second-order valence-electron chi connectivity index (χ2n) is 7.54. The molecule has 0 bridgehead atoms. The Morgan fingerprint density at radius 2 is 1.78 bits per heavy atom. The van der Waals surface area contributed by atoms with E-state index in [4.69, 9.17) is 21.1 Å². The van der Waals surface area contributed by atoms with Gasteiger partial charge in [-0.1, -0.05) is 66.2 Å². The molecule has 1 aliphatic heterocycles. The van der Waals surface area contributed by atoms with Crippen molar-refractivity contribution in [3.05, 3.63) is 101 Å². The van der Waals surface area contributed by atoms with Crippen molar-refractivity contribution in [1.29, 1.82) is 0 Å². The number of methoxy groups -OCH3 is 1. The Hall–Kier alpha value is -3.76. The minimum Gasteiger partial charge on any atom is -0.493 e. The maximum atomic E-state index is 12.5. The number of nitrogens with one attached hydrogen (secondary N) is 1. The van der Waals surface area contributed by atoms with Gasteiger partial charge in [-0.25, -0.2) is 0 Å². The molecule has 0 unspecified atom stereocenters. The summed E-state index contributed by atoms with van der Waals surface area (Å²) in [4.78, 5) is 12.5. The van der Waals surface area contributed by atoms with Gasteiger partial charge in [0, 0.05) is 16.2 Å². The van der Waals surface area contributed by atoms with Crippen LogP contribution in [0.5, 0.6) is 11.5 Å². The van der Waals surface area contributed by atoms with Gasteiger partial charge in [-0.3, -0.25) is 4.79 Å². The number of anilines is 1. The van der Waals surface area contributed by atoms with Gasteiger partial charge in [0.15, 0.2) is 11.5 Å². The van der Waals surface area contributed by atoms with Crippen LogP contribution in [-0.4, -0.2) is 13.0 Å². The lowest BCUT2D eigenvalue weighted by Crippen LogP contribution is -2.03. The van der Waals surface area contributed by atoms with E-state index in [9.17, 15) is 4.79 Å². The third kappa shape index (κ3) is 3.81. The quantitative estimate of drug-likeness (QED) is 0.356. The van der Waals surface area contributed by atoms with Gasteiger partial charge in [0.05, 0.1) is 12.8 Å². The van der Waals surface area contributed by atoms with Crippen molar-refractivity contribution in [3.63, 3.8) is 0 Å². The van der Waals surface area contributed by atoms with Crippen LogP contribution in [0.25, 0.3) is 22.4 Å². The van der Waals surface area contributed by atoms with Crippen LogP contribution in [-0.2, 0) is 11.4 Å². The summed E-state index contributed by atoms with van der Waals surface area (Å²) in [6.07, 6.45) is 1.84. The molecule has 1 aliphatic rings. The molecule has 32 heavy (non-hydrogen) atoms. The second-order valence-corrected chi connectivity index (χ2v) is 7.98. The Balaban J connectivity index is 1.41. The summed E-state index contributed by atoms with van der Waals surface area (Å²) in [5, 5.41) is 5.78. The van der Waals surface area contributed by atoms with Gasteiger partial charge in [0.1, 0.15) is 6.61 Å². The van der Waals surface area contributed by atoms with Crippen molar-refractivity contribution in [2.24, 2.45) is 0 Å². The Labute approximate surface area is 191 Å². The lowest BCUT2D eigenvalue weighted by Gasteiger charge is -2.13. The number of carbonyl (C=O) groups is 1. The van der Waals surface area contributed by atoms with Crippen molar-refractivity contribution in [3.8, 4) is 11.5 Å². The molecule has 0 fully saturated rings. The van der Waals surface area contributed by atoms with Crippen LogP contribution in [0.3, 0.4) is 0 Å². The van der Waals surface area contributed by atoms with Crippen molar-refractivity contribution >= 4 is 45.6 Å². The van der Waals surface area contributed by atoms with E-state index in [0.717, 1.165) is 22.4 Å². The smallest absolute Gasteiger partial charge is 0.256 e. The number of halogens is 1. The van der Waals surface area contributed by atoms with Crippen LogP contribution >= 0.6 is 11.6 Å². The molecule has 5 heteroatoms. The lowest BCUT2D eigenvalue weighted by molar-refractivity contribution is -0.110. The summed E-state index contributed by atoms with van der Waals surface area (Å²) < 4.78 is 11.7. The van der Waals surface area contributed by atoms with Crippen LogP contribution in [0.15, 0.2) is 78.9 Å². The van der Waals surface area contributed by atoms with Crippen molar-refractivity contribution in [2.45, 2.75) is 6.61 Å². The monoisotopic (exact) mass is 441 g/mol. The summed E-state index contributed by atoms with van der Waals surface area (Å²) in [6, 6.07) is 25.5. The normalized spacial score (nSPS) is 13.8. The lowest BCUT2D eigenvalue weighted by atomic mass is 10.0. The van der Waals surface area contributed by atoms with E-state index in [0.29, 0.717) is 28.7 Å². The van der Waals surface area contributed by atoms with Gasteiger partial charge in [0.2, 0.25) is 0 Å². The average molecular weight is 442 g/mol. The van der Waals surface area contributed by atoms with Crippen molar-refractivity contribution in [2.75, 3.05) is 12.4 Å². The third-order valence-electron chi connectivity index (χ3n) is 5.53. The first kappa shape index (κ1) is 20.2. The predicted octanol–water partition coefficient (Wildman–Crippen LogP) is 6.57. The van der Waals surface area contributed by atoms with E-state index in [2.05, 4.69) is 29.6 Å². The fraction of sp³-hybridized carbons (Fsp3) is 0.0741. The molecule has 158 valence electrons. The molecule has 0 saturated carbocycles. The molecule has 4 aromatic carbocycles. The van der Waals surface area contributed by atoms with Crippen LogP contribution in [0.4, 0.5) is 5.69 Å². The zero-order valence-electron chi connectivity index (χ0n) is 17.4. The number of rotatable bonds is 5. The highest BCUT2D eigenvalue weighted by atomic mass is 35.5. The van der Waals surface area contributed by atoms with Crippen LogP contribution in [0, 0.1) is 0 Å². The Morgan fingerprint density at radius 1 is 0.938 bits per heavy atom. The zero-order chi connectivity index (χ0) is 22.1. The first-order valence-corrected chi connectivity index (χ1v) is 10.6. The van der Waals surface area contributed by atoms with Gasteiger partial charge < -0.3 is 14.8 Å². The van der Waals surface area contributed by atoms with Crippen LogP contribution in [0.2, 0.25) is 5.02 Å². The minimum absolute atomic E-state index is 0.155. The highest BCUT2D eigenvalue weighted by molar-refractivity contribution is 6.36. The maximum absolute atomic E-state index is 12.5. The second kappa shape index (κ2) is 8.40. The standard InChI is InChI=1S/C27H20ClNO3/c1-31-26-14-17(13-23-22-11-10-20(28)15-24(22)29-27(23)30)9-12-25(26)32-16-19-7-4-6-18-5-2-3-8-21(18)19/h2-15H,16H2,1H3,(H,29,30)/b23-13+. The number of hydrogen-bond donors (Lipinski definition) is 1. The maximum Gasteiger partial charge on any atom is 0.256 e. The molecule has 0 aromatic heterocycles. The molecule has 4 aromatic rings. The zero-order valence-corrected chi connectivity index (χ0v) is 18.1. The highest BCUT2D eigenvalue weighted by Crippen LogP contribution is 2.36. The molecule has 1 N–H and O–H groups in total. The first-order chi connectivity index (χ1) is 15.6. The largest absolute Gasteiger partial charge is 0.493 e. The van der Waals surface area contributed by atoms with Crippen LogP contribution < -0.4 is 14.8 Å². The number of carbonyl (C=O) groups excluding carboxylic acids is 1. The molecule has 1 amide bonds. The fourth-order valence-corrected chi connectivity index (χ4v) is 4.12. The van der Waals surface area contributed by atoms with E-state index in [1.54, 1.807) is 19.2 Å². The molecule has 0 spiro atoms. The summed E-state index contributed by atoms with van der Waals surface area (Å²) in [5.41, 5.74) is 4.08. The van der Waals surface area contributed by atoms with Gasteiger partial charge in [-0.05, 0) is 52.2 Å². The predicted molar refractivity (Wildman–Crippen MR) is 129 cm³/mol. The third-order valence-corrected chi connectivity index (χ3v) is 5.76. The van der Waals surface area contributed by atoms with E-state index in [-0.39, 0.29) is 5.91 Å². The minimum atomic E-state index is -0.155. The van der Waals surface area contributed by atoms with E-state index < -0.39 is 0 Å².